The molecule has 1 unspecified atom stereocenters. The molecule has 0 bridgehead atoms. The molecule has 1 amide bonds. The zero-order valence-electron chi connectivity index (χ0n) is 8.88. The van der Waals surface area contributed by atoms with Crippen molar-refractivity contribution in [2.75, 3.05) is 11.9 Å². The van der Waals surface area contributed by atoms with E-state index in [0.717, 1.165) is 5.56 Å². The van der Waals surface area contributed by atoms with Crippen LogP contribution in [0.25, 0.3) is 0 Å². The van der Waals surface area contributed by atoms with E-state index in [-0.39, 0.29) is 24.1 Å². The van der Waals surface area contributed by atoms with E-state index in [9.17, 15) is 9.18 Å². The molecule has 0 aromatic heterocycles. The number of aryl methyl sites for hydroxylation is 1. The Labute approximate surface area is 88.5 Å². The minimum Gasteiger partial charge on any atom is -0.330 e. The molecule has 0 aliphatic carbocycles. The lowest BCUT2D eigenvalue weighted by atomic mass is 10.1. The molecular weight excluding hydrogens is 195 g/mol. The van der Waals surface area contributed by atoms with Gasteiger partial charge in [0, 0.05) is 12.5 Å². The molecule has 0 aliphatic rings. The SMILES string of the molecule is Cc1ccc(NC(=O)C(C)CN)c(F)c1. The summed E-state index contributed by atoms with van der Waals surface area (Å²) in [5.74, 6) is -1.00. The summed E-state index contributed by atoms with van der Waals surface area (Å²) in [6, 6.07) is 4.67. The second kappa shape index (κ2) is 4.89. The Morgan fingerprint density at radius 2 is 2.27 bits per heavy atom. The van der Waals surface area contributed by atoms with Crippen molar-refractivity contribution in [3.05, 3.63) is 29.6 Å². The normalized spacial score (nSPS) is 12.3. The first-order valence-electron chi connectivity index (χ1n) is 4.81. The molecule has 82 valence electrons. The van der Waals surface area contributed by atoms with Crippen molar-refractivity contribution >= 4 is 11.6 Å². The van der Waals surface area contributed by atoms with Crippen LogP contribution in [-0.2, 0) is 4.79 Å². The highest BCUT2D eigenvalue weighted by atomic mass is 19.1. The van der Waals surface area contributed by atoms with Gasteiger partial charge in [0.05, 0.1) is 5.69 Å². The number of benzene rings is 1. The van der Waals surface area contributed by atoms with Crippen LogP contribution in [0.4, 0.5) is 10.1 Å². The van der Waals surface area contributed by atoms with E-state index in [0.29, 0.717) is 0 Å². The first-order valence-corrected chi connectivity index (χ1v) is 4.81. The Hall–Kier alpha value is -1.42. The van der Waals surface area contributed by atoms with Crippen molar-refractivity contribution in [3.8, 4) is 0 Å². The van der Waals surface area contributed by atoms with Crippen molar-refractivity contribution in [2.45, 2.75) is 13.8 Å². The van der Waals surface area contributed by atoms with Gasteiger partial charge < -0.3 is 11.1 Å². The van der Waals surface area contributed by atoms with Gasteiger partial charge in [-0.1, -0.05) is 13.0 Å². The van der Waals surface area contributed by atoms with Crippen LogP contribution in [0.3, 0.4) is 0 Å². The minimum absolute atomic E-state index is 0.200. The monoisotopic (exact) mass is 210 g/mol. The van der Waals surface area contributed by atoms with Gasteiger partial charge in [-0.25, -0.2) is 4.39 Å². The van der Waals surface area contributed by atoms with Crippen molar-refractivity contribution in [3.63, 3.8) is 0 Å². The van der Waals surface area contributed by atoms with Crippen molar-refractivity contribution in [1.82, 2.24) is 0 Å². The van der Waals surface area contributed by atoms with Gasteiger partial charge in [0.2, 0.25) is 5.91 Å². The van der Waals surface area contributed by atoms with Gasteiger partial charge in [0.1, 0.15) is 5.82 Å². The van der Waals surface area contributed by atoms with Crippen molar-refractivity contribution in [2.24, 2.45) is 11.7 Å². The first kappa shape index (κ1) is 11.7. The fourth-order valence-corrected chi connectivity index (χ4v) is 1.08. The number of carbonyl (C=O) groups excluding carboxylic acids is 1. The summed E-state index contributed by atoms with van der Waals surface area (Å²) in [6.45, 7) is 3.73. The third kappa shape index (κ3) is 3.02. The summed E-state index contributed by atoms with van der Waals surface area (Å²) in [5, 5.41) is 2.49. The highest BCUT2D eigenvalue weighted by Gasteiger charge is 2.12. The van der Waals surface area contributed by atoms with E-state index >= 15 is 0 Å². The van der Waals surface area contributed by atoms with Crippen LogP contribution in [0, 0.1) is 18.7 Å². The predicted molar refractivity (Wildman–Crippen MR) is 58.0 cm³/mol. The van der Waals surface area contributed by atoms with E-state index < -0.39 is 5.82 Å². The summed E-state index contributed by atoms with van der Waals surface area (Å²) in [5.41, 5.74) is 6.35. The molecule has 0 radical (unpaired) electrons. The number of hydrogen-bond donors (Lipinski definition) is 2. The van der Waals surface area contributed by atoms with Crippen molar-refractivity contribution < 1.29 is 9.18 Å². The molecular formula is C11H15FN2O. The fraction of sp³-hybridized carbons (Fsp3) is 0.364. The molecule has 0 aliphatic heterocycles. The number of nitrogens with two attached hydrogens (primary N) is 1. The number of carbonyl (C=O) groups is 1. The van der Waals surface area contributed by atoms with E-state index in [2.05, 4.69) is 5.32 Å². The largest absolute Gasteiger partial charge is 0.330 e. The van der Waals surface area contributed by atoms with Gasteiger partial charge in [-0.3, -0.25) is 4.79 Å². The molecule has 0 fully saturated rings. The Balaban J connectivity index is 2.77. The third-order valence-corrected chi connectivity index (χ3v) is 2.18. The highest BCUT2D eigenvalue weighted by Crippen LogP contribution is 2.15. The summed E-state index contributed by atoms with van der Waals surface area (Å²) in [6.07, 6.45) is 0. The molecule has 3 N–H and O–H groups in total. The average molecular weight is 210 g/mol. The van der Waals surface area contributed by atoms with Gasteiger partial charge in [-0.15, -0.1) is 0 Å². The van der Waals surface area contributed by atoms with Crippen LogP contribution < -0.4 is 11.1 Å². The number of nitrogens with one attached hydrogen (secondary N) is 1. The Morgan fingerprint density at radius 1 is 1.60 bits per heavy atom. The minimum atomic E-state index is -0.424. The second-order valence-corrected chi connectivity index (χ2v) is 3.61. The lowest BCUT2D eigenvalue weighted by Gasteiger charge is -2.10. The van der Waals surface area contributed by atoms with E-state index in [1.54, 1.807) is 26.0 Å². The van der Waals surface area contributed by atoms with Gasteiger partial charge >= 0.3 is 0 Å². The molecule has 0 spiro atoms. The standard InChI is InChI=1S/C11H15FN2O/c1-7-3-4-10(9(12)5-7)14-11(15)8(2)6-13/h3-5,8H,6,13H2,1-2H3,(H,14,15). The zero-order chi connectivity index (χ0) is 11.4. The van der Waals surface area contributed by atoms with Crippen LogP contribution in [0.1, 0.15) is 12.5 Å². The van der Waals surface area contributed by atoms with Gasteiger partial charge in [-0.05, 0) is 24.6 Å². The van der Waals surface area contributed by atoms with Gasteiger partial charge in [-0.2, -0.15) is 0 Å². The highest BCUT2D eigenvalue weighted by molar-refractivity contribution is 5.92. The molecule has 1 atom stereocenters. The molecule has 3 nitrogen and oxygen atoms in total. The maximum absolute atomic E-state index is 13.3. The van der Waals surface area contributed by atoms with E-state index in [1.807, 2.05) is 0 Å². The van der Waals surface area contributed by atoms with Crippen LogP contribution in [0.2, 0.25) is 0 Å². The second-order valence-electron chi connectivity index (χ2n) is 3.61. The topological polar surface area (TPSA) is 55.1 Å². The van der Waals surface area contributed by atoms with Crippen LogP contribution >= 0.6 is 0 Å². The van der Waals surface area contributed by atoms with E-state index in [1.165, 1.54) is 6.07 Å². The molecule has 0 saturated heterocycles. The number of hydrogen-bond acceptors (Lipinski definition) is 2. The molecule has 1 rings (SSSR count). The zero-order valence-corrected chi connectivity index (χ0v) is 8.88. The lowest BCUT2D eigenvalue weighted by molar-refractivity contribution is -0.119. The van der Waals surface area contributed by atoms with Gasteiger partial charge in [0.15, 0.2) is 0 Å². The molecule has 1 aromatic rings. The van der Waals surface area contributed by atoms with Crippen molar-refractivity contribution in [1.29, 1.82) is 0 Å². The maximum Gasteiger partial charge on any atom is 0.228 e. The van der Waals surface area contributed by atoms with Crippen LogP contribution in [0.5, 0.6) is 0 Å². The summed E-state index contributed by atoms with van der Waals surface area (Å²) >= 11 is 0. The first-order chi connectivity index (χ1) is 7.04. The van der Waals surface area contributed by atoms with Crippen LogP contribution in [0.15, 0.2) is 18.2 Å². The summed E-state index contributed by atoms with van der Waals surface area (Å²) in [7, 11) is 0. The maximum atomic E-state index is 13.3. The van der Waals surface area contributed by atoms with Gasteiger partial charge in [0.25, 0.3) is 0 Å². The number of amides is 1. The Morgan fingerprint density at radius 3 is 2.80 bits per heavy atom. The molecule has 0 heterocycles. The Bertz CT molecular complexity index is 366. The number of halogens is 1. The summed E-state index contributed by atoms with van der Waals surface area (Å²) in [4.78, 5) is 11.4. The van der Waals surface area contributed by atoms with E-state index in [4.69, 9.17) is 5.73 Å². The molecule has 1 aromatic carbocycles. The lowest BCUT2D eigenvalue weighted by Crippen LogP contribution is -2.27. The molecule has 4 heteroatoms. The third-order valence-electron chi connectivity index (χ3n) is 2.18. The smallest absolute Gasteiger partial charge is 0.228 e. The Kier molecular flexibility index (Phi) is 3.80. The van der Waals surface area contributed by atoms with Crippen LogP contribution in [-0.4, -0.2) is 12.5 Å². The number of rotatable bonds is 3. The fourth-order valence-electron chi connectivity index (χ4n) is 1.08. The molecule has 0 saturated carbocycles. The molecule has 15 heavy (non-hydrogen) atoms. The number of anilines is 1. The average Bonchev–Trinajstić information content (AvgIpc) is 2.20. The quantitative estimate of drug-likeness (QED) is 0.797. The predicted octanol–water partition coefficient (Wildman–Crippen LogP) is 1.67. The summed E-state index contributed by atoms with van der Waals surface area (Å²) < 4.78 is 13.3.